The van der Waals surface area contributed by atoms with Crippen LogP contribution in [0.25, 0.3) is 0 Å². The van der Waals surface area contributed by atoms with E-state index in [4.69, 9.17) is 5.11 Å². The first-order valence-corrected chi connectivity index (χ1v) is 5.39. The molecule has 0 spiro atoms. The molecule has 0 atom stereocenters. The molecule has 2 heterocycles. The molecule has 0 bridgehead atoms. The van der Waals surface area contributed by atoms with Crippen LogP contribution in [0, 0.1) is 0 Å². The number of rotatable bonds is 1. The number of carboxylic acids is 1. The molecule has 86 valence electrons. The number of anilines is 1. The summed E-state index contributed by atoms with van der Waals surface area (Å²) in [6.45, 7) is 7.31. The monoisotopic (exact) mass is 220 g/mol. The van der Waals surface area contributed by atoms with E-state index in [-0.39, 0.29) is 11.1 Å². The molecule has 1 aliphatic heterocycles. The smallest absolute Gasteiger partial charge is 0.337 e. The van der Waals surface area contributed by atoms with E-state index in [0.717, 1.165) is 24.3 Å². The first kappa shape index (κ1) is 10.9. The Labute approximate surface area is 94.9 Å². The molecule has 1 aromatic rings. The number of aromatic carboxylic acids is 1. The van der Waals surface area contributed by atoms with E-state index in [9.17, 15) is 4.79 Å². The molecule has 0 aromatic carbocycles. The summed E-state index contributed by atoms with van der Waals surface area (Å²) in [5.74, 6) is 0.0157. The van der Waals surface area contributed by atoms with Gasteiger partial charge in [0.2, 0.25) is 0 Å². The summed E-state index contributed by atoms with van der Waals surface area (Å²) in [6, 6.07) is 1.73. The Kier molecular flexibility index (Phi) is 2.37. The Hall–Kier alpha value is -1.58. The van der Waals surface area contributed by atoms with Crippen LogP contribution < -0.4 is 4.90 Å². The first-order valence-electron chi connectivity index (χ1n) is 5.39. The Morgan fingerprint density at radius 2 is 2.19 bits per heavy atom. The van der Waals surface area contributed by atoms with Crippen molar-refractivity contribution in [3.05, 3.63) is 23.4 Å². The van der Waals surface area contributed by atoms with Gasteiger partial charge in [-0.25, -0.2) is 9.78 Å². The van der Waals surface area contributed by atoms with Crippen molar-refractivity contribution in [2.45, 2.75) is 32.7 Å². The van der Waals surface area contributed by atoms with Crippen molar-refractivity contribution in [3.63, 3.8) is 0 Å². The second-order valence-electron chi connectivity index (χ2n) is 5.08. The minimum Gasteiger partial charge on any atom is -0.478 e. The average Bonchev–Trinajstić information content (AvgIpc) is 2.58. The number of pyridine rings is 1. The van der Waals surface area contributed by atoms with E-state index in [0.29, 0.717) is 0 Å². The van der Waals surface area contributed by atoms with Gasteiger partial charge in [0.1, 0.15) is 5.82 Å². The highest BCUT2D eigenvalue weighted by molar-refractivity contribution is 5.88. The van der Waals surface area contributed by atoms with Crippen LogP contribution in [0.1, 0.15) is 36.7 Å². The van der Waals surface area contributed by atoms with E-state index < -0.39 is 5.97 Å². The van der Waals surface area contributed by atoms with Crippen LogP contribution in [0.2, 0.25) is 0 Å². The molecular formula is C12H16N2O2. The van der Waals surface area contributed by atoms with Crippen molar-refractivity contribution >= 4 is 11.8 Å². The number of carboxylic acid groups (broad SMARTS) is 1. The number of nitrogens with zero attached hydrogens (tertiary/aromatic N) is 2. The van der Waals surface area contributed by atoms with Crippen LogP contribution in [-0.2, 0) is 6.42 Å². The Morgan fingerprint density at radius 3 is 2.75 bits per heavy atom. The largest absolute Gasteiger partial charge is 0.478 e. The molecule has 0 unspecified atom stereocenters. The third-order valence-electron chi connectivity index (χ3n) is 2.86. The zero-order valence-electron chi connectivity index (χ0n) is 9.82. The van der Waals surface area contributed by atoms with Gasteiger partial charge in [0.25, 0.3) is 0 Å². The van der Waals surface area contributed by atoms with E-state index >= 15 is 0 Å². The summed E-state index contributed by atoms with van der Waals surface area (Å²) in [7, 11) is 0. The Bertz CT molecular complexity index is 435. The zero-order chi connectivity index (χ0) is 11.9. The predicted molar refractivity (Wildman–Crippen MR) is 62.0 cm³/mol. The molecule has 0 saturated carbocycles. The number of hydrogen-bond acceptors (Lipinski definition) is 3. The lowest BCUT2D eigenvalue weighted by Crippen LogP contribution is -2.40. The molecule has 0 saturated heterocycles. The summed E-state index contributed by atoms with van der Waals surface area (Å²) in [6.07, 6.45) is 2.31. The highest BCUT2D eigenvalue weighted by atomic mass is 16.4. The molecule has 1 aliphatic rings. The summed E-state index contributed by atoms with van der Waals surface area (Å²) >= 11 is 0. The first-order chi connectivity index (χ1) is 7.39. The lowest BCUT2D eigenvalue weighted by Gasteiger charge is -2.33. The molecule has 0 aliphatic carbocycles. The summed E-state index contributed by atoms with van der Waals surface area (Å²) < 4.78 is 0. The standard InChI is InChI=1S/C12H16N2O2/c1-12(2,3)14-5-4-8-6-9(11(15)16)7-13-10(8)14/h6-7H,4-5H2,1-3H3,(H,15,16). The van der Waals surface area contributed by atoms with Crippen LogP contribution in [0.4, 0.5) is 5.82 Å². The number of carbonyl (C=O) groups is 1. The quantitative estimate of drug-likeness (QED) is 0.785. The zero-order valence-corrected chi connectivity index (χ0v) is 9.82. The van der Waals surface area contributed by atoms with Crippen LogP contribution >= 0.6 is 0 Å². The van der Waals surface area contributed by atoms with Crippen LogP contribution in [0.3, 0.4) is 0 Å². The second kappa shape index (κ2) is 3.47. The molecule has 2 rings (SSSR count). The van der Waals surface area contributed by atoms with Gasteiger partial charge in [0, 0.05) is 18.3 Å². The summed E-state index contributed by atoms with van der Waals surface area (Å²) in [4.78, 5) is 17.3. The van der Waals surface area contributed by atoms with Gasteiger partial charge >= 0.3 is 5.97 Å². The van der Waals surface area contributed by atoms with Gasteiger partial charge in [-0.3, -0.25) is 0 Å². The second-order valence-corrected chi connectivity index (χ2v) is 5.08. The van der Waals surface area contributed by atoms with Crippen molar-refractivity contribution < 1.29 is 9.90 Å². The maximum Gasteiger partial charge on any atom is 0.337 e. The minimum atomic E-state index is -0.912. The van der Waals surface area contributed by atoms with Gasteiger partial charge in [0.05, 0.1) is 5.56 Å². The van der Waals surface area contributed by atoms with Gasteiger partial charge in [-0.15, -0.1) is 0 Å². The van der Waals surface area contributed by atoms with Crippen LogP contribution in [-0.4, -0.2) is 28.1 Å². The molecule has 4 nitrogen and oxygen atoms in total. The lowest BCUT2D eigenvalue weighted by molar-refractivity contribution is 0.0696. The van der Waals surface area contributed by atoms with Crippen LogP contribution in [0.15, 0.2) is 12.3 Å². The molecular weight excluding hydrogens is 204 g/mol. The topological polar surface area (TPSA) is 53.4 Å². The van der Waals surface area contributed by atoms with E-state index in [2.05, 4.69) is 30.7 Å². The Balaban J connectivity index is 2.40. The molecule has 0 amide bonds. The van der Waals surface area contributed by atoms with E-state index in [1.54, 1.807) is 6.07 Å². The van der Waals surface area contributed by atoms with Crippen LogP contribution in [0.5, 0.6) is 0 Å². The molecule has 16 heavy (non-hydrogen) atoms. The Morgan fingerprint density at radius 1 is 1.50 bits per heavy atom. The maximum absolute atomic E-state index is 10.8. The third kappa shape index (κ3) is 1.75. The van der Waals surface area contributed by atoms with Crippen molar-refractivity contribution in [3.8, 4) is 0 Å². The highest BCUT2D eigenvalue weighted by Crippen LogP contribution is 2.31. The van der Waals surface area contributed by atoms with Gasteiger partial charge in [-0.1, -0.05) is 0 Å². The number of fused-ring (bicyclic) bond motifs is 1. The molecule has 0 fully saturated rings. The van der Waals surface area contributed by atoms with Gasteiger partial charge in [-0.2, -0.15) is 0 Å². The van der Waals surface area contributed by atoms with Crippen molar-refractivity contribution in [2.75, 3.05) is 11.4 Å². The summed E-state index contributed by atoms with van der Waals surface area (Å²) in [5, 5.41) is 8.89. The van der Waals surface area contributed by atoms with Gasteiger partial charge in [-0.05, 0) is 38.8 Å². The minimum absolute atomic E-state index is 0.0307. The number of aromatic nitrogens is 1. The van der Waals surface area contributed by atoms with E-state index in [1.807, 2.05) is 0 Å². The average molecular weight is 220 g/mol. The fourth-order valence-electron chi connectivity index (χ4n) is 2.04. The fourth-order valence-corrected chi connectivity index (χ4v) is 2.04. The van der Waals surface area contributed by atoms with Gasteiger partial charge in [0.15, 0.2) is 0 Å². The number of hydrogen-bond donors (Lipinski definition) is 1. The lowest BCUT2D eigenvalue weighted by atomic mass is 10.1. The fraction of sp³-hybridized carbons (Fsp3) is 0.500. The third-order valence-corrected chi connectivity index (χ3v) is 2.86. The van der Waals surface area contributed by atoms with Gasteiger partial charge < -0.3 is 10.0 Å². The molecule has 1 N–H and O–H groups in total. The predicted octanol–water partition coefficient (Wildman–Crippen LogP) is 1.94. The summed E-state index contributed by atoms with van der Waals surface area (Å²) in [5.41, 5.74) is 1.34. The normalized spacial score (nSPS) is 15.1. The molecule has 4 heteroatoms. The SMILES string of the molecule is CC(C)(C)N1CCc2cc(C(=O)O)cnc21. The maximum atomic E-state index is 10.8. The molecule has 0 radical (unpaired) electrons. The van der Waals surface area contributed by atoms with Crippen molar-refractivity contribution in [1.82, 2.24) is 4.98 Å². The van der Waals surface area contributed by atoms with Crippen molar-refractivity contribution in [2.24, 2.45) is 0 Å². The molecule has 1 aromatic heterocycles. The highest BCUT2D eigenvalue weighted by Gasteiger charge is 2.29. The van der Waals surface area contributed by atoms with E-state index in [1.165, 1.54) is 6.20 Å². The van der Waals surface area contributed by atoms with Crippen molar-refractivity contribution in [1.29, 1.82) is 0 Å².